The molecule has 0 unspecified atom stereocenters. The molecule has 6 nitrogen and oxygen atoms in total. The fourth-order valence-electron chi connectivity index (χ4n) is 2.98. The normalized spacial score (nSPS) is 13.6. The van der Waals surface area contributed by atoms with Crippen LogP contribution in [0.2, 0.25) is 0 Å². The van der Waals surface area contributed by atoms with E-state index in [1.807, 2.05) is 31.2 Å². The highest BCUT2D eigenvalue weighted by Gasteiger charge is 2.28. The number of ether oxygens (including phenoxy) is 2. The summed E-state index contributed by atoms with van der Waals surface area (Å²) in [6, 6.07) is 7.48. The minimum atomic E-state index is -0.297. The first-order valence-electron chi connectivity index (χ1n) is 8.74. The molecule has 1 aliphatic rings. The average molecular weight is 406 g/mol. The van der Waals surface area contributed by atoms with Gasteiger partial charge in [-0.05, 0) is 62.4 Å². The van der Waals surface area contributed by atoms with Crippen LogP contribution in [-0.2, 0) is 17.7 Å². The maximum atomic E-state index is 12.5. The zero-order chi connectivity index (χ0) is 19.4. The molecular formula is C19H23N3O3S2. The lowest BCUT2D eigenvalue weighted by Gasteiger charge is -2.22. The Hall–Kier alpha value is -2.16. The summed E-state index contributed by atoms with van der Waals surface area (Å²) >= 11 is 7.01. The smallest absolute Gasteiger partial charge is 0.341 e. The number of hydrogen-bond acceptors (Lipinski definition) is 6. The number of fused-ring (bicyclic) bond motifs is 1. The van der Waals surface area contributed by atoms with Crippen LogP contribution in [0, 0.1) is 0 Å². The Morgan fingerprint density at radius 1 is 1.30 bits per heavy atom. The van der Waals surface area contributed by atoms with Gasteiger partial charge in [-0.25, -0.2) is 4.79 Å². The van der Waals surface area contributed by atoms with E-state index in [4.69, 9.17) is 21.7 Å². The van der Waals surface area contributed by atoms with Crippen molar-refractivity contribution < 1.29 is 14.3 Å². The van der Waals surface area contributed by atoms with Crippen molar-refractivity contribution in [3.05, 3.63) is 40.3 Å². The van der Waals surface area contributed by atoms with Crippen LogP contribution in [0.3, 0.4) is 0 Å². The molecule has 27 heavy (non-hydrogen) atoms. The second-order valence-corrected chi connectivity index (χ2v) is 7.74. The summed E-state index contributed by atoms with van der Waals surface area (Å²) in [6.45, 7) is 3.90. The Morgan fingerprint density at radius 3 is 2.70 bits per heavy atom. The quantitative estimate of drug-likeness (QED) is 0.580. The number of nitrogens with zero attached hydrogens (tertiary/aromatic N) is 1. The van der Waals surface area contributed by atoms with Crippen molar-refractivity contribution >= 4 is 45.3 Å². The molecule has 0 spiro atoms. The first-order valence-corrected chi connectivity index (χ1v) is 9.96. The molecule has 0 atom stereocenters. The van der Waals surface area contributed by atoms with Crippen molar-refractivity contribution in [2.24, 2.45) is 0 Å². The number of hydrogen-bond donors (Lipinski definition) is 2. The van der Waals surface area contributed by atoms with Crippen LogP contribution in [0.1, 0.15) is 27.7 Å². The Balaban J connectivity index is 1.80. The fourth-order valence-corrected chi connectivity index (χ4v) is 4.58. The Morgan fingerprint density at radius 2 is 2.04 bits per heavy atom. The zero-order valence-corrected chi connectivity index (χ0v) is 17.3. The molecule has 2 heterocycles. The summed E-state index contributed by atoms with van der Waals surface area (Å²) in [5.74, 6) is 0.480. The molecule has 0 amide bonds. The molecule has 1 aliphatic heterocycles. The first-order chi connectivity index (χ1) is 13.0. The molecule has 1 aromatic heterocycles. The van der Waals surface area contributed by atoms with Crippen molar-refractivity contribution in [1.29, 1.82) is 0 Å². The van der Waals surface area contributed by atoms with Crippen LogP contribution in [0.25, 0.3) is 0 Å². The lowest BCUT2D eigenvalue weighted by molar-refractivity contribution is 0.0526. The third-order valence-corrected chi connectivity index (χ3v) is 5.64. The maximum absolute atomic E-state index is 12.5. The molecule has 2 N–H and O–H groups in total. The molecule has 2 aromatic rings. The van der Waals surface area contributed by atoms with Crippen molar-refractivity contribution in [2.75, 3.05) is 37.9 Å². The number of rotatable bonds is 5. The van der Waals surface area contributed by atoms with Gasteiger partial charge < -0.3 is 25.0 Å². The Bertz CT molecular complexity index is 833. The SMILES string of the molecule is CCOC(=O)c1c(NC(=S)Nc2ccc(OC)cc2)sc2c1CCN(C)C2. The minimum Gasteiger partial charge on any atom is -0.497 e. The molecule has 0 aliphatic carbocycles. The summed E-state index contributed by atoms with van der Waals surface area (Å²) < 4.78 is 10.4. The molecule has 0 saturated heterocycles. The number of carbonyl (C=O) groups is 1. The Kier molecular flexibility index (Phi) is 6.30. The molecule has 144 valence electrons. The van der Waals surface area contributed by atoms with Crippen molar-refractivity contribution in [3.8, 4) is 5.75 Å². The first kappa shape index (κ1) is 19.6. The van der Waals surface area contributed by atoms with Crippen LogP contribution < -0.4 is 15.4 Å². The van der Waals surface area contributed by atoms with Gasteiger partial charge in [0.25, 0.3) is 0 Å². The van der Waals surface area contributed by atoms with E-state index in [1.165, 1.54) is 4.88 Å². The average Bonchev–Trinajstić information content (AvgIpc) is 2.99. The highest BCUT2D eigenvalue weighted by molar-refractivity contribution is 7.80. The molecular weight excluding hydrogens is 382 g/mol. The van der Waals surface area contributed by atoms with Gasteiger partial charge in [0.05, 0.1) is 19.3 Å². The molecule has 0 bridgehead atoms. The predicted molar refractivity (Wildman–Crippen MR) is 113 cm³/mol. The topological polar surface area (TPSA) is 62.8 Å². The maximum Gasteiger partial charge on any atom is 0.341 e. The largest absolute Gasteiger partial charge is 0.497 e. The highest BCUT2D eigenvalue weighted by atomic mass is 32.1. The van der Waals surface area contributed by atoms with Crippen molar-refractivity contribution in [1.82, 2.24) is 4.90 Å². The van der Waals surface area contributed by atoms with Gasteiger partial charge in [0.2, 0.25) is 0 Å². The van der Waals surface area contributed by atoms with Gasteiger partial charge in [-0.1, -0.05) is 0 Å². The van der Waals surface area contributed by atoms with Gasteiger partial charge in [-0.15, -0.1) is 11.3 Å². The summed E-state index contributed by atoms with van der Waals surface area (Å²) in [6.07, 6.45) is 0.830. The van der Waals surface area contributed by atoms with Crippen molar-refractivity contribution in [2.45, 2.75) is 19.9 Å². The van der Waals surface area contributed by atoms with Gasteiger partial charge in [0.1, 0.15) is 10.8 Å². The zero-order valence-electron chi connectivity index (χ0n) is 15.6. The van der Waals surface area contributed by atoms with E-state index in [2.05, 4.69) is 22.6 Å². The molecule has 0 saturated carbocycles. The number of methoxy groups -OCH3 is 1. The van der Waals surface area contributed by atoms with Gasteiger partial charge >= 0.3 is 5.97 Å². The monoisotopic (exact) mass is 405 g/mol. The van der Waals surface area contributed by atoms with E-state index < -0.39 is 0 Å². The molecule has 0 radical (unpaired) electrons. The number of likely N-dealkylation sites (N-methyl/N-ethyl adjacent to an activating group) is 1. The molecule has 3 rings (SSSR count). The van der Waals surface area contributed by atoms with E-state index in [-0.39, 0.29) is 5.97 Å². The number of thiophene rings is 1. The van der Waals surface area contributed by atoms with Crippen LogP contribution in [0.15, 0.2) is 24.3 Å². The summed E-state index contributed by atoms with van der Waals surface area (Å²) in [7, 11) is 3.71. The van der Waals surface area contributed by atoms with Gasteiger partial charge in [0, 0.05) is 23.7 Å². The third-order valence-electron chi connectivity index (χ3n) is 4.30. The van der Waals surface area contributed by atoms with Gasteiger partial charge in [0.15, 0.2) is 5.11 Å². The van der Waals surface area contributed by atoms with Gasteiger partial charge in [-0.3, -0.25) is 0 Å². The molecule has 0 fully saturated rings. The molecule has 8 heteroatoms. The standard InChI is InChI=1S/C19H23N3O3S2/c1-4-25-18(23)16-14-9-10-22(2)11-15(14)27-17(16)21-19(26)20-12-5-7-13(24-3)8-6-12/h5-8H,4,9-11H2,1-3H3,(H2,20,21,26). The second-order valence-electron chi connectivity index (χ2n) is 6.22. The lowest BCUT2D eigenvalue weighted by atomic mass is 10.0. The van der Waals surface area contributed by atoms with Crippen molar-refractivity contribution in [3.63, 3.8) is 0 Å². The van der Waals surface area contributed by atoms with Gasteiger partial charge in [-0.2, -0.15) is 0 Å². The van der Waals surface area contributed by atoms with Crippen LogP contribution in [0.5, 0.6) is 5.75 Å². The van der Waals surface area contributed by atoms with Crippen LogP contribution >= 0.6 is 23.6 Å². The molecule has 1 aromatic carbocycles. The van der Waals surface area contributed by atoms with E-state index in [0.717, 1.165) is 41.5 Å². The number of carbonyl (C=O) groups excluding carboxylic acids is 1. The van der Waals surface area contributed by atoms with E-state index in [9.17, 15) is 4.79 Å². The lowest BCUT2D eigenvalue weighted by Crippen LogP contribution is -2.26. The summed E-state index contributed by atoms with van der Waals surface area (Å²) in [5.41, 5.74) is 2.53. The van der Waals surface area contributed by atoms with Crippen LogP contribution in [-0.4, -0.2) is 43.3 Å². The highest BCUT2D eigenvalue weighted by Crippen LogP contribution is 2.37. The van der Waals surface area contributed by atoms with Crippen LogP contribution in [0.4, 0.5) is 10.7 Å². The number of anilines is 2. The number of thiocarbonyl (C=S) groups is 1. The number of nitrogens with one attached hydrogen (secondary N) is 2. The minimum absolute atomic E-state index is 0.297. The van der Waals surface area contributed by atoms with E-state index in [1.54, 1.807) is 18.4 Å². The summed E-state index contributed by atoms with van der Waals surface area (Å²) in [4.78, 5) is 16.0. The van der Waals surface area contributed by atoms with E-state index in [0.29, 0.717) is 17.3 Å². The number of esters is 1. The third kappa shape index (κ3) is 4.58. The second kappa shape index (κ2) is 8.69. The Labute approximate surface area is 168 Å². The predicted octanol–water partition coefficient (Wildman–Crippen LogP) is 3.73. The fraction of sp³-hybridized carbons (Fsp3) is 0.368. The summed E-state index contributed by atoms with van der Waals surface area (Å²) in [5, 5.41) is 7.49. The van der Waals surface area contributed by atoms with E-state index >= 15 is 0 Å². The number of benzene rings is 1.